The number of carbonyl (C=O) groups is 1. The lowest BCUT2D eigenvalue weighted by molar-refractivity contribution is -0.118. The molecule has 0 spiro atoms. The number of anilines is 2. The molecule has 1 rings (SSSR count). The van der Waals surface area contributed by atoms with Gasteiger partial charge in [0.15, 0.2) is 0 Å². The van der Waals surface area contributed by atoms with Crippen molar-refractivity contribution in [2.45, 2.75) is 26.3 Å². The fourth-order valence-corrected chi connectivity index (χ4v) is 1.37. The van der Waals surface area contributed by atoms with Gasteiger partial charge in [-0.1, -0.05) is 0 Å². The van der Waals surface area contributed by atoms with Crippen molar-refractivity contribution in [2.24, 2.45) is 5.73 Å². The normalized spacial score (nSPS) is 11.9. The van der Waals surface area contributed by atoms with Gasteiger partial charge < -0.3 is 16.4 Å². The maximum Gasteiger partial charge on any atom is 0.219 e. The van der Waals surface area contributed by atoms with Crippen LogP contribution in [0.3, 0.4) is 0 Å². The van der Waals surface area contributed by atoms with Gasteiger partial charge in [0.2, 0.25) is 5.91 Å². The van der Waals surface area contributed by atoms with Crippen LogP contribution in [-0.4, -0.2) is 29.0 Å². The third kappa shape index (κ3) is 3.72. The Morgan fingerprint density at radius 1 is 1.50 bits per heavy atom. The van der Waals surface area contributed by atoms with Gasteiger partial charge in [-0.2, -0.15) is 0 Å². The van der Waals surface area contributed by atoms with E-state index in [1.807, 2.05) is 13.8 Å². The third-order valence-corrected chi connectivity index (χ3v) is 2.00. The average molecular weight is 223 g/mol. The summed E-state index contributed by atoms with van der Waals surface area (Å²) in [5.41, 5.74) is 5.11. The Morgan fingerprint density at radius 2 is 2.12 bits per heavy atom. The van der Waals surface area contributed by atoms with Crippen molar-refractivity contribution in [1.82, 2.24) is 9.97 Å². The van der Waals surface area contributed by atoms with Gasteiger partial charge in [-0.05, 0) is 13.8 Å². The molecular formula is C10H17N5O. The maximum absolute atomic E-state index is 10.7. The molecular weight excluding hydrogens is 206 g/mol. The van der Waals surface area contributed by atoms with E-state index in [1.165, 1.54) is 0 Å². The van der Waals surface area contributed by atoms with Crippen LogP contribution >= 0.6 is 0 Å². The molecule has 4 N–H and O–H groups in total. The zero-order chi connectivity index (χ0) is 12.1. The first kappa shape index (κ1) is 12.2. The standard InChI is InChI=1S/C10H17N5O/c1-6(4-8(11)16)13-10-5-9(12-3)14-7(2)15-10/h5-6H,4H2,1-3H3,(H2,11,16)(H2,12,13,14,15). The van der Waals surface area contributed by atoms with E-state index in [0.717, 1.165) is 5.82 Å². The maximum atomic E-state index is 10.7. The van der Waals surface area contributed by atoms with Crippen LogP contribution in [0, 0.1) is 6.92 Å². The van der Waals surface area contributed by atoms with Crippen LogP contribution in [-0.2, 0) is 4.79 Å². The predicted octanol–water partition coefficient (Wildman–Crippen LogP) is 0.503. The summed E-state index contributed by atoms with van der Waals surface area (Å²) in [5, 5.41) is 6.04. The summed E-state index contributed by atoms with van der Waals surface area (Å²) in [5.74, 6) is 1.76. The Bertz CT molecular complexity index is 379. The quantitative estimate of drug-likeness (QED) is 0.676. The molecule has 0 aromatic carbocycles. The number of carbonyl (C=O) groups excluding carboxylic acids is 1. The molecule has 88 valence electrons. The highest BCUT2D eigenvalue weighted by Crippen LogP contribution is 2.12. The molecule has 0 aliphatic rings. The zero-order valence-corrected chi connectivity index (χ0v) is 9.74. The average Bonchev–Trinajstić information content (AvgIpc) is 2.14. The van der Waals surface area contributed by atoms with E-state index in [-0.39, 0.29) is 18.4 Å². The van der Waals surface area contributed by atoms with E-state index in [1.54, 1.807) is 13.1 Å². The van der Waals surface area contributed by atoms with Crippen LogP contribution in [0.25, 0.3) is 0 Å². The number of hydrogen-bond acceptors (Lipinski definition) is 5. The summed E-state index contributed by atoms with van der Waals surface area (Å²) in [6.07, 6.45) is 0.276. The lowest BCUT2D eigenvalue weighted by Gasteiger charge is -2.13. The van der Waals surface area contributed by atoms with E-state index >= 15 is 0 Å². The number of hydrogen-bond donors (Lipinski definition) is 3. The largest absolute Gasteiger partial charge is 0.373 e. The molecule has 6 heteroatoms. The number of primary amides is 1. The Kier molecular flexibility index (Phi) is 4.04. The van der Waals surface area contributed by atoms with Gasteiger partial charge in [0, 0.05) is 25.6 Å². The number of nitrogens with two attached hydrogens (primary N) is 1. The fourth-order valence-electron chi connectivity index (χ4n) is 1.37. The molecule has 1 aromatic heterocycles. The molecule has 0 aliphatic carbocycles. The second kappa shape index (κ2) is 5.29. The number of aromatic nitrogens is 2. The first-order valence-corrected chi connectivity index (χ1v) is 5.09. The summed E-state index contributed by atoms with van der Waals surface area (Å²) in [6.45, 7) is 3.69. The number of nitrogens with one attached hydrogen (secondary N) is 2. The van der Waals surface area contributed by atoms with Gasteiger partial charge >= 0.3 is 0 Å². The molecule has 1 unspecified atom stereocenters. The minimum atomic E-state index is -0.334. The number of aryl methyl sites for hydroxylation is 1. The first-order chi connectivity index (χ1) is 7.51. The highest BCUT2D eigenvalue weighted by molar-refractivity contribution is 5.74. The van der Waals surface area contributed by atoms with Crippen molar-refractivity contribution in [3.05, 3.63) is 11.9 Å². The van der Waals surface area contributed by atoms with Crippen LogP contribution in [0.2, 0.25) is 0 Å². The molecule has 1 aromatic rings. The minimum absolute atomic E-state index is 0.0449. The molecule has 0 saturated heterocycles. The highest BCUT2D eigenvalue weighted by Gasteiger charge is 2.07. The molecule has 16 heavy (non-hydrogen) atoms. The molecule has 6 nitrogen and oxygen atoms in total. The summed E-state index contributed by atoms with van der Waals surface area (Å²) < 4.78 is 0. The van der Waals surface area contributed by atoms with Crippen molar-refractivity contribution in [3.63, 3.8) is 0 Å². The van der Waals surface area contributed by atoms with E-state index < -0.39 is 0 Å². The van der Waals surface area contributed by atoms with Crippen molar-refractivity contribution in [1.29, 1.82) is 0 Å². The van der Waals surface area contributed by atoms with Crippen LogP contribution in [0.1, 0.15) is 19.2 Å². The lowest BCUT2D eigenvalue weighted by Crippen LogP contribution is -2.24. The van der Waals surface area contributed by atoms with Crippen molar-refractivity contribution < 1.29 is 4.79 Å². The van der Waals surface area contributed by atoms with Gasteiger partial charge in [-0.15, -0.1) is 0 Å². The van der Waals surface area contributed by atoms with Gasteiger partial charge in [0.1, 0.15) is 17.5 Å². The van der Waals surface area contributed by atoms with Crippen molar-refractivity contribution >= 4 is 17.5 Å². The molecule has 1 amide bonds. The number of amides is 1. The van der Waals surface area contributed by atoms with Crippen LogP contribution in [0.4, 0.5) is 11.6 Å². The zero-order valence-electron chi connectivity index (χ0n) is 9.74. The minimum Gasteiger partial charge on any atom is -0.373 e. The van der Waals surface area contributed by atoms with Crippen LogP contribution in [0.5, 0.6) is 0 Å². The Hall–Kier alpha value is -1.85. The summed E-state index contributed by atoms with van der Waals surface area (Å²) >= 11 is 0. The second-order valence-corrected chi connectivity index (χ2v) is 3.65. The third-order valence-electron chi connectivity index (χ3n) is 2.00. The van der Waals surface area contributed by atoms with Crippen LogP contribution in [0.15, 0.2) is 6.07 Å². The van der Waals surface area contributed by atoms with Crippen LogP contribution < -0.4 is 16.4 Å². The SMILES string of the molecule is CNc1cc(NC(C)CC(N)=O)nc(C)n1. The lowest BCUT2D eigenvalue weighted by atomic mass is 10.2. The van der Waals surface area contributed by atoms with E-state index in [4.69, 9.17) is 5.73 Å². The smallest absolute Gasteiger partial charge is 0.219 e. The number of rotatable bonds is 5. The second-order valence-electron chi connectivity index (χ2n) is 3.65. The van der Waals surface area contributed by atoms with Gasteiger partial charge in [0.05, 0.1) is 0 Å². The Labute approximate surface area is 94.7 Å². The fraction of sp³-hybridized carbons (Fsp3) is 0.500. The predicted molar refractivity (Wildman–Crippen MR) is 63.2 cm³/mol. The van der Waals surface area contributed by atoms with E-state index in [2.05, 4.69) is 20.6 Å². The molecule has 1 atom stereocenters. The van der Waals surface area contributed by atoms with Gasteiger partial charge in [-0.25, -0.2) is 9.97 Å². The molecule has 0 saturated carbocycles. The Morgan fingerprint density at radius 3 is 2.69 bits per heavy atom. The summed E-state index contributed by atoms with van der Waals surface area (Å²) in [4.78, 5) is 19.1. The van der Waals surface area contributed by atoms with E-state index in [9.17, 15) is 4.79 Å². The number of nitrogens with zero attached hydrogens (tertiary/aromatic N) is 2. The first-order valence-electron chi connectivity index (χ1n) is 5.09. The van der Waals surface area contributed by atoms with E-state index in [0.29, 0.717) is 11.6 Å². The molecule has 0 fully saturated rings. The monoisotopic (exact) mass is 223 g/mol. The Balaban J connectivity index is 2.72. The van der Waals surface area contributed by atoms with Gasteiger partial charge in [-0.3, -0.25) is 4.79 Å². The topological polar surface area (TPSA) is 92.9 Å². The van der Waals surface area contributed by atoms with Crippen molar-refractivity contribution in [3.8, 4) is 0 Å². The highest BCUT2D eigenvalue weighted by atomic mass is 16.1. The summed E-state index contributed by atoms with van der Waals surface area (Å²) in [6, 6.07) is 1.74. The molecule has 1 heterocycles. The molecule has 0 aliphatic heterocycles. The molecule has 0 bridgehead atoms. The van der Waals surface area contributed by atoms with Crippen molar-refractivity contribution in [2.75, 3.05) is 17.7 Å². The molecule has 0 radical (unpaired) electrons. The summed E-state index contributed by atoms with van der Waals surface area (Å²) in [7, 11) is 1.79. The van der Waals surface area contributed by atoms with Gasteiger partial charge in [0.25, 0.3) is 0 Å².